The average Bonchev–Trinajstić information content (AvgIpc) is 2.56. The van der Waals surface area contributed by atoms with Crippen LogP contribution in [0.15, 0.2) is 42.7 Å². The monoisotopic (exact) mass is 195 g/mol. The highest BCUT2D eigenvalue weighted by atomic mass is 35.5. The Morgan fingerprint density at radius 2 is 1.85 bits per heavy atom. The predicted octanol–water partition coefficient (Wildman–Crippen LogP) is 3.27. The second-order valence-electron chi connectivity index (χ2n) is 2.69. The molecular formula is C10H7ClFN. The lowest BCUT2D eigenvalue weighted by molar-refractivity contribution is 0.618. The Hall–Kier alpha value is -1.28. The van der Waals surface area contributed by atoms with Crippen LogP contribution in [0.4, 0.5) is 4.39 Å². The smallest absolute Gasteiger partial charge is 0.148 e. The molecule has 0 amide bonds. The van der Waals surface area contributed by atoms with Gasteiger partial charge in [-0.2, -0.15) is 0 Å². The SMILES string of the molecule is Fc1cc(Cl)ccc1-n1cccc1. The van der Waals surface area contributed by atoms with Crippen LogP contribution >= 0.6 is 11.6 Å². The maximum Gasteiger partial charge on any atom is 0.148 e. The molecule has 13 heavy (non-hydrogen) atoms. The second-order valence-corrected chi connectivity index (χ2v) is 3.12. The largest absolute Gasteiger partial charge is 0.321 e. The lowest BCUT2D eigenvalue weighted by atomic mass is 10.3. The molecule has 0 saturated carbocycles. The minimum absolute atomic E-state index is 0.316. The number of hydrogen-bond donors (Lipinski definition) is 0. The van der Waals surface area contributed by atoms with Crippen LogP contribution in [0.5, 0.6) is 0 Å². The van der Waals surface area contributed by atoms with E-state index in [1.807, 2.05) is 12.1 Å². The number of hydrogen-bond acceptors (Lipinski definition) is 0. The lowest BCUT2D eigenvalue weighted by Crippen LogP contribution is -1.93. The summed E-state index contributed by atoms with van der Waals surface area (Å²) in [7, 11) is 0. The Morgan fingerprint density at radius 3 is 2.46 bits per heavy atom. The first-order valence-electron chi connectivity index (χ1n) is 3.86. The van der Waals surface area contributed by atoms with Gasteiger partial charge in [0.1, 0.15) is 5.82 Å². The van der Waals surface area contributed by atoms with E-state index in [1.165, 1.54) is 6.07 Å². The van der Waals surface area contributed by atoms with Crippen molar-refractivity contribution in [2.45, 2.75) is 0 Å². The molecular weight excluding hydrogens is 189 g/mol. The van der Waals surface area contributed by atoms with Gasteiger partial charge in [-0.1, -0.05) is 11.6 Å². The zero-order chi connectivity index (χ0) is 9.26. The molecule has 0 aliphatic carbocycles. The van der Waals surface area contributed by atoms with Gasteiger partial charge in [0.25, 0.3) is 0 Å². The maximum atomic E-state index is 13.3. The van der Waals surface area contributed by atoms with Gasteiger partial charge in [-0.25, -0.2) is 4.39 Å². The summed E-state index contributed by atoms with van der Waals surface area (Å²) in [5.41, 5.74) is 0.509. The van der Waals surface area contributed by atoms with E-state index < -0.39 is 0 Å². The van der Waals surface area contributed by atoms with E-state index >= 15 is 0 Å². The highest BCUT2D eigenvalue weighted by molar-refractivity contribution is 6.30. The second kappa shape index (κ2) is 3.23. The molecule has 1 heterocycles. The van der Waals surface area contributed by atoms with E-state index in [1.54, 1.807) is 29.1 Å². The fourth-order valence-electron chi connectivity index (χ4n) is 1.19. The summed E-state index contributed by atoms with van der Waals surface area (Å²) in [4.78, 5) is 0. The summed E-state index contributed by atoms with van der Waals surface area (Å²) in [5, 5.41) is 0.411. The minimum atomic E-state index is -0.316. The molecule has 1 aromatic carbocycles. The van der Waals surface area contributed by atoms with Crippen LogP contribution in [0.2, 0.25) is 5.02 Å². The van der Waals surface area contributed by atoms with Gasteiger partial charge in [-0.05, 0) is 30.3 Å². The molecule has 3 heteroatoms. The first kappa shape index (κ1) is 8.32. The number of benzene rings is 1. The van der Waals surface area contributed by atoms with Gasteiger partial charge in [-0.3, -0.25) is 0 Å². The Morgan fingerprint density at radius 1 is 1.15 bits per heavy atom. The Kier molecular flexibility index (Phi) is 2.07. The van der Waals surface area contributed by atoms with E-state index in [-0.39, 0.29) is 5.82 Å². The van der Waals surface area contributed by atoms with Gasteiger partial charge in [-0.15, -0.1) is 0 Å². The fourth-order valence-corrected chi connectivity index (χ4v) is 1.34. The predicted molar refractivity (Wildman–Crippen MR) is 50.7 cm³/mol. The van der Waals surface area contributed by atoms with Crippen molar-refractivity contribution in [1.29, 1.82) is 0 Å². The zero-order valence-electron chi connectivity index (χ0n) is 6.74. The molecule has 0 unspecified atom stereocenters. The molecule has 0 bridgehead atoms. The molecule has 0 aliphatic rings. The van der Waals surface area contributed by atoms with Crippen molar-refractivity contribution in [2.75, 3.05) is 0 Å². The third-order valence-electron chi connectivity index (χ3n) is 1.79. The summed E-state index contributed by atoms with van der Waals surface area (Å²) >= 11 is 5.63. The van der Waals surface area contributed by atoms with Crippen LogP contribution in [0.3, 0.4) is 0 Å². The van der Waals surface area contributed by atoms with Crippen LogP contribution in [-0.4, -0.2) is 4.57 Å². The Labute approximate surface area is 80.4 Å². The molecule has 1 nitrogen and oxygen atoms in total. The molecule has 0 radical (unpaired) electrons. The van der Waals surface area contributed by atoms with E-state index in [0.29, 0.717) is 10.7 Å². The molecule has 0 N–H and O–H groups in total. The van der Waals surface area contributed by atoms with Crippen LogP contribution in [0, 0.1) is 5.82 Å². The third kappa shape index (κ3) is 1.58. The first-order valence-corrected chi connectivity index (χ1v) is 4.23. The van der Waals surface area contributed by atoms with Crippen LogP contribution in [0.25, 0.3) is 5.69 Å². The maximum absolute atomic E-state index is 13.3. The summed E-state index contributed by atoms with van der Waals surface area (Å²) in [5.74, 6) is -0.316. The average molecular weight is 196 g/mol. The van der Waals surface area contributed by atoms with Gasteiger partial charge < -0.3 is 4.57 Å². The molecule has 2 aromatic rings. The van der Waals surface area contributed by atoms with Crippen molar-refractivity contribution >= 4 is 11.6 Å². The highest BCUT2D eigenvalue weighted by Gasteiger charge is 2.02. The first-order chi connectivity index (χ1) is 6.27. The molecule has 2 rings (SSSR count). The molecule has 0 fully saturated rings. The standard InChI is InChI=1S/C10H7ClFN/c11-8-3-4-10(9(12)7-8)13-5-1-2-6-13/h1-7H. The number of aromatic nitrogens is 1. The topological polar surface area (TPSA) is 4.93 Å². The van der Waals surface area contributed by atoms with E-state index in [9.17, 15) is 4.39 Å². The van der Waals surface area contributed by atoms with Crippen molar-refractivity contribution in [3.63, 3.8) is 0 Å². The number of rotatable bonds is 1. The summed E-state index contributed by atoms with van der Waals surface area (Å²) < 4.78 is 15.0. The van der Waals surface area contributed by atoms with E-state index in [0.717, 1.165) is 0 Å². The minimum Gasteiger partial charge on any atom is -0.321 e. The van der Waals surface area contributed by atoms with Gasteiger partial charge in [0.15, 0.2) is 0 Å². The quantitative estimate of drug-likeness (QED) is 0.658. The van der Waals surface area contributed by atoms with Gasteiger partial charge in [0, 0.05) is 17.4 Å². The van der Waals surface area contributed by atoms with E-state index in [4.69, 9.17) is 11.6 Å². The summed E-state index contributed by atoms with van der Waals surface area (Å²) in [6.45, 7) is 0. The molecule has 1 aromatic heterocycles. The van der Waals surface area contributed by atoms with Crippen molar-refractivity contribution in [3.8, 4) is 5.69 Å². The third-order valence-corrected chi connectivity index (χ3v) is 2.03. The van der Waals surface area contributed by atoms with Crippen LogP contribution in [-0.2, 0) is 0 Å². The fraction of sp³-hybridized carbons (Fsp3) is 0. The van der Waals surface area contributed by atoms with Gasteiger partial charge >= 0.3 is 0 Å². The molecule has 66 valence electrons. The van der Waals surface area contributed by atoms with Crippen molar-refractivity contribution in [2.24, 2.45) is 0 Å². The normalized spacial score (nSPS) is 10.3. The van der Waals surface area contributed by atoms with Crippen LogP contribution < -0.4 is 0 Å². The summed E-state index contributed by atoms with van der Waals surface area (Å²) in [6, 6.07) is 8.30. The Bertz CT molecular complexity index is 409. The van der Waals surface area contributed by atoms with Gasteiger partial charge in [0.2, 0.25) is 0 Å². The lowest BCUT2D eigenvalue weighted by Gasteiger charge is -2.03. The summed E-state index contributed by atoms with van der Waals surface area (Å²) in [6.07, 6.45) is 3.57. The molecule has 0 spiro atoms. The molecule has 0 atom stereocenters. The molecule has 0 saturated heterocycles. The van der Waals surface area contributed by atoms with Gasteiger partial charge in [0.05, 0.1) is 5.69 Å². The van der Waals surface area contributed by atoms with E-state index in [2.05, 4.69) is 0 Å². The van der Waals surface area contributed by atoms with Crippen LogP contribution in [0.1, 0.15) is 0 Å². The van der Waals surface area contributed by atoms with Crippen molar-refractivity contribution in [1.82, 2.24) is 4.57 Å². The molecule has 0 aliphatic heterocycles. The number of halogens is 2. The van der Waals surface area contributed by atoms with Crippen molar-refractivity contribution < 1.29 is 4.39 Å². The Balaban J connectivity index is 2.53. The number of nitrogens with zero attached hydrogens (tertiary/aromatic N) is 1. The zero-order valence-corrected chi connectivity index (χ0v) is 7.50. The van der Waals surface area contributed by atoms with Crippen molar-refractivity contribution in [3.05, 3.63) is 53.6 Å². The highest BCUT2D eigenvalue weighted by Crippen LogP contribution is 2.17.